The Bertz CT molecular complexity index is 2010. The Hall–Kier alpha value is -5.92. The first-order valence-electron chi connectivity index (χ1n) is 17.1. The smallest absolute Gasteiger partial charge is 0.0540 e. The second-order valence-electron chi connectivity index (χ2n) is 12.4. The van der Waals surface area contributed by atoms with Gasteiger partial charge >= 0.3 is 0 Å². The van der Waals surface area contributed by atoms with Crippen LogP contribution in [-0.2, 0) is 0 Å². The van der Waals surface area contributed by atoms with Crippen LogP contribution in [0.4, 0.5) is 17.1 Å². The van der Waals surface area contributed by atoms with Crippen LogP contribution < -0.4 is 4.90 Å². The maximum atomic E-state index is 3.86. The van der Waals surface area contributed by atoms with Crippen molar-refractivity contribution < 1.29 is 0 Å². The minimum atomic E-state index is 1.12. The second kappa shape index (κ2) is 19.2. The van der Waals surface area contributed by atoms with E-state index in [-0.39, 0.29) is 0 Å². The van der Waals surface area contributed by atoms with Gasteiger partial charge in [-0.2, -0.15) is 0 Å². The molecule has 50 heavy (non-hydrogen) atoms. The molecule has 0 aromatic heterocycles. The molecule has 7 rings (SSSR count). The number of anilines is 3. The molecule has 0 aliphatic carbocycles. The second-order valence-corrected chi connectivity index (χ2v) is 12.4. The minimum absolute atomic E-state index is 1.12. The van der Waals surface area contributed by atoms with E-state index in [1.165, 1.54) is 49.8 Å². The summed E-state index contributed by atoms with van der Waals surface area (Å²) in [5, 5.41) is 2.48. The van der Waals surface area contributed by atoms with Crippen LogP contribution in [0, 0.1) is 34.6 Å². The lowest BCUT2D eigenvalue weighted by atomic mass is 10.1. The molecule has 250 valence electrons. The van der Waals surface area contributed by atoms with Gasteiger partial charge in [-0.3, -0.25) is 0 Å². The first-order chi connectivity index (χ1) is 24.3. The van der Waals surface area contributed by atoms with E-state index in [2.05, 4.69) is 204 Å². The third-order valence-corrected chi connectivity index (χ3v) is 8.16. The number of aryl methyl sites for hydroxylation is 5. The van der Waals surface area contributed by atoms with Gasteiger partial charge in [0, 0.05) is 16.8 Å². The molecule has 7 aromatic rings. The molecule has 0 aliphatic rings. The van der Waals surface area contributed by atoms with E-state index in [0.717, 1.165) is 16.9 Å². The fourth-order valence-corrected chi connectivity index (χ4v) is 5.16. The molecule has 0 aliphatic heterocycles. The molecule has 0 saturated heterocycles. The van der Waals surface area contributed by atoms with Gasteiger partial charge in [0.05, 0.1) is 5.69 Å². The molecular formula is C49H49N. The Morgan fingerprint density at radius 2 is 0.720 bits per heavy atom. The zero-order valence-electron chi connectivity index (χ0n) is 30.2. The van der Waals surface area contributed by atoms with E-state index in [9.17, 15) is 0 Å². The largest absolute Gasteiger partial charge is 0.310 e. The number of benzene rings is 7. The lowest BCUT2D eigenvalue weighted by molar-refractivity contribution is 1.29. The minimum Gasteiger partial charge on any atom is -0.310 e. The number of fused-ring (bicyclic) bond motifs is 1. The van der Waals surface area contributed by atoms with Crippen molar-refractivity contribution in [1.29, 1.82) is 0 Å². The molecule has 0 N–H and O–H groups in total. The van der Waals surface area contributed by atoms with Crippen LogP contribution in [0.2, 0.25) is 0 Å². The van der Waals surface area contributed by atoms with Gasteiger partial charge in [-0.1, -0.05) is 193 Å². The summed E-state index contributed by atoms with van der Waals surface area (Å²) in [5.74, 6) is 0. The lowest BCUT2D eigenvalue weighted by Crippen LogP contribution is -2.10. The highest BCUT2D eigenvalue weighted by atomic mass is 15.1. The predicted molar refractivity (Wildman–Crippen MR) is 222 cm³/mol. The summed E-state index contributed by atoms with van der Waals surface area (Å²) >= 11 is 0. The van der Waals surface area contributed by atoms with E-state index in [4.69, 9.17) is 0 Å². The van der Waals surface area contributed by atoms with Gasteiger partial charge in [-0.15, -0.1) is 0 Å². The molecule has 7 aromatic carbocycles. The van der Waals surface area contributed by atoms with Crippen molar-refractivity contribution in [2.45, 2.75) is 34.6 Å². The monoisotopic (exact) mass is 651 g/mol. The van der Waals surface area contributed by atoms with Crippen LogP contribution in [0.15, 0.2) is 183 Å². The molecule has 1 nitrogen and oxygen atoms in total. The maximum absolute atomic E-state index is 3.86. The van der Waals surface area contributed by atoms with Gasteiger partial charge in [0.1, 0.15) is 0 Å². The van der Waals surface area contributed by atoms with Crippen LogP contribution >= 0.6 is 0 Å². The number of rotatable bonds is 5. The highest BCUT2D eigenvalue weighted by Gasteiger charge is 2.14. The van der Waals surface area contributed by atoms with Gasteiger partial charge in [-0.25, -0.2) is 0 Å². The standard InChI is InChI=1S/C25H21N.C9H10.C8H10.C7H8/c1-3-20-13-17-23(18-14-20)26(22-15-11-19(2)12-16-22)25-10-6-8-21-7-4-5-9-24(21)25;1-3-9-6-4-8(2)5-7-9;1-7-3-5-8(2)6-4-7;1-7-5-3-2-4-6-7/h3-18H,1H2,2H3;3-7H,1H2,2H3;3-6H,1-2H3;2-6H,1H3. The van der Waals surface area contributed by atoms with E-state index < -0.39 is 0 Å². The Labute approximate surface area is 300 Å². The highest BCUT2D eigenvalue weighted by Crippen LogP contribution is 2.38. The molecule has 0 radical (unpaired) electrons. The Morgan fingerprint density at radius 1 is 0.360 bits per heavy atom. The number of hydrogen-bond donors (Lipinski definition) is 0. The lowest BCUT2D eigenvalue weighted by Gasteiger charge is -2.27. The molecular weight excluding hydrogens is 603 g/mol. The quantitative estimate of drug-likeness (QED) is 0.179. The van der Waals surface area contributed by atoms with Crippen molar-refractivity contribution in [2.75, 3.05) is 4.90 Å². The molecule has 0 saturated carbocycles. The summed E-state index contributed by atoms with van der Waals surface area (Å²) in [6, 6.07) is 59.2. The van der Waals surface area contributed by atoms with Crippen molar-refractivity contribution in [3.05, 3.63) is 222 Å². The van der Waals surface area contributed by atoms with Crippen LogP contribution in [-0.4, -0.2) is 0 Å². The van der Waals surface area contributed by atoms with Gasteiger partial charge < -0.3 is 4.90 Å². The molecule has 0 unspecified atom stereocenters. The molecule has 0 heterocycles. The first kappa shape index (κ1) is 36.9. The summed E-state index contributed by atoms with van der Waals surface area (Å²) in [7, 11) is 0. The van der Waals surface area contributed by atoms with Gasteiger partial charge in [-0.05, 0) is 81.5 Å². The molecule has 0 amide bonds. The fraction of sp³-hybridized carbons (Fsp3) is 0.102. The van der Waals surface area contributed by atoms with Gasteiger partial charge in [0.25, 0.3) is 0 Å². The van der Waals surface area contributed by atoms with Crippen LogP contribution in [0.3, 0.4) is 0 Å². The van der Waals surface area contributed by atoms with Crippen molar-refractivity contribution in [1.82, 2.24) is 0 Å². The normalized spacial score (nSPS) is 9.86. The van der Waals surface area contributed by atoms with E-state index in [1.54, 1.807) is 0 Å². The van der Waals surface area contributed by atoms with Gasteiger partial charge in [0.2, 0.25) is 0 Å². The summed E-state index contributed by atoms with van der Waals surface area (Å²) < 4.78 is 0. The average molecular weight is 652 g/mol. The highest BCUT2D eigenvalue weighted by molar-refractivity contribution is 5.98. The molecule has 0 spiro atoms. The molecule has 0 atom stereocenters. The maximum Gasteiger partial charge on any atom is 0.0540 e. The zero-order chi connectivity index (χ0) is 35.7. The first-order valence-corrected chi connectivity index (χ1v) is 17.1. The third-order valence-electron chi connectivity index (χ3n) is 8.16. The topological polar surface area (TPSA) is 3.24 Å². The summed E-state index contributed by atoms with van der Waals surface area (Å²) in [6.45, 7) is 18.0. The summed E-state index contributed by atoms with van der Waals surface area (Å²) in [6.07, 6.45) is 3.72. The van der Waals surface area contributed by atoms with Crippen LogP contribution in [0.25, 0.3) is 22.9 Å². The van der Waals surface area contributed by atoms with Crippen LogP contribution in [0.1, 0.15) is 38.9 Å². The van der Waals surface area contributed by atoms with Crippen LogP contribution in [0.5, 0.6) is 0 Å². The average Bonchev–Trinajstić information content (AvgIpc) is 3.15. The molecule has 1 heteroatoms. The summed E-state index contributed by atoms with van der Waals surface area (Å²) in [4.78, 5) is 2.31. The SMILES string of the molecule is C=Cc1ccc(C)cc1.C=Cc1ccc(N(c2ccc(C)cc2)c2cccc3ccccc23)cc1.Cc1ccc(C)cc1.Cc1ccccc1. The Kier molecular flexibility index (Phi) is 14.2. The summed E-state index contributed by atoms with van der Waals surface area (Å²) in [5.41, 5.74) is 12.3. The van der Waals surface area contributed by atoms with Crippen molar-refractivity contribution in [3.8, 4) is 0 Å². The molecule has 0 fully saturated rings. The number of hydrogen-bond acceptors (Lipinski definition) is 1. The van der Waals surface area contributed by atoms with Crippen molar-refractivity contribution >= 4 is 40.0 Å². The van der Waals surface area contributed by atoms with Gasteiger partial charge in [0.15, 0.2) is 0 Å². The van der Waals surface area contributed by atoms with E-state index in [0.29, 0.717) is 0 Å². The molecule has 0 bridgehead atoms. The fourth-order valence-electron chi connectivity index (χ4n) is 5.16. The Morgan fingerprint density at radius 3 is 1.18 bits per heavy atom. The van der Waals surface area contributed by atoms with Crippen molar-refractivity contribution in [3.63, 3.8) is 0 Å². The van der Waals surface area contributed by atoms with E-state index >= 15 is 0 Å². The Balaban J connectivity index is 0.000000189. The third kappa shape index (κ3) is 11.4. The predicted octanol–water partition coefficient (Wildman–Crippen LogP) is 14.2. The number of nitrogens with zero attached hydrogens (tertiary/aromatic N) is 1. The van der Waals surface area contributed by atoms with E-state index in [1.807, 2.05) is 30.4 Å². The van der Waals surface area contributed by atoms with Crippen molar-refractivity contribution in [2.24, 2.45) is 0 Å². The zero-order valence-corrected chi connectivity index (χ0v) is 30.2.